The molecular weight excluding hydrogens is 350 g/mol. The van der Waals surface area contributed by atoms with Crippen LogP contribution < -0.4 is 0 Å². The maximum absolute atomic E-state index is 12.7. The summed E-state index contributed by atoms with van der Waals surface area (Å²) in [5.74, 6) is 0.961. The SMILES string of the molecule is CC(C)C(=O)N(Cc1nccn1Cc1cccc(Cl)c1)CC1CCCO1. The van der Waals surface area contributed by atoms with Crippen LogP contribution in [0.15, 0.2) is 36.7 Å². The fraction of sp³-hybridized carbons (Fsp3) is 0.500. The smallest absolute Gasteiger partial charge is 0.225 e. The molecule has 1 fully saturated rings. The van der Waals surface area contributed by atoms with Gasteiger partial charge in [-0.25, -0.2) is 4.98 Å². The Morgan fingerprint density at radius 2 is 2.31 bits per heavy atom. The number of aromatic nitrogens is 2. The molecule has 0 radical (unpaired) electrons. The van der Waals surface area contributed by atoms with E-state index in [1.807, 2.05) is 49.2 Å². The predicted molar refractivity (Wildman–Crippen MR) is 102 cm³/mol. The van der Waals surface area contributed by atoms with Crippen molar-refractivity contribution in [2.75, 3.05) is 13.2 Å². The third kappa shape index (κ3) is 4.86. The minimum atomic E-state index is -0.0484. The van der Waals surface area contributed by atoms with E-state index in [2.05, 4.69) is 9.55 Å². The van der Waals surface area contributed by atoms with E-state index in [0.29, 0.717) is 19.6 Å². The number of hydrogen-bond acceptors (Lipinski definition) is 3. The van der Waals surface area contributed by atoms with Crippen molar-refractivity contribution < 1.29 is 9.53 Å². The Morgan fingerprint density at radius 1 is 1.46 bits per heavy atom. The quantitative estimate of drug-likeness (QED) is 0.740. The van der Waals surface area contributed by atoms with Crippen LogP contribution in [-0.2, 0) is 22.6 Å². The standard InChI is InChI=1S/C20H26ClN3O2/c1-15(2)20(25)24(13-18-7-4-10-26-18)14-19-22-8-9-23(19)12-16-5-3-6-17(21)11-16/h3,5-6,8-9,11,15,18H,4,7,10,12-14H2,1-2H3. The van der Waals surface area contributed by atoms with Crippen molar-refractivity contribution in [2.45, 2.75) is 45.9 Å². The molecule has 2 aromatic rings. The number of halogens is 1. The number of amides is 1. The van der Waals surface area contributed by atoms with Crippen LogP contribution in [0.4, 0.5) is 0 Å². The summed E-state index contributed by atoms with van der Waals surface area (Å²) in [4.78, 5) is 19.1. The lowest BCUT2D eigenvalue weighted by Gasteiger charge is -2.27. The summed E-state index contributed by atoms with van der Waals surface area (Å²) in [6.45, 7) is 6.45. The molecule has 1 unspecified atom stereocenters. The van der Waals surface area contributed by atoms with E-state index >= 15 is 0 Å². The molecule has 0 saturated carbocycles. The van der Waals surface area contributed by atoms with Gasteiger partial charge >= 0.3 is 0 Å². The molecule has 1 aliphatic rings. The summed E-state index contributed by atoms with van der Waals surface area (Å²) in [5, 5.41) is 0.721. The van der Waals surface area contributed by atoms with Gasteiger partial charge in [-0.15, -0.1) is 0 Å². The van der Waals surface area contributed by atoms with Crippen LogP contribution in [0.3, 0.4) is 0 Å². The molecule has 1 atom stereocenters. The molecule has 26 heavy (non-hydrogen) atoms. The minimum absolute atomic E-state index is 0.0484. The van der Waals surface area contributed by atoms with Gasteiger partial charge in [-0.2, -0.15) is 0 Å². The molecule has 0 N–H and O–H groups in total. The number of carbonyl (C=O) groups excluding carboxylic acids is 1. The average Bonchev–Trinajstić information content (AvgIpc) is 3.26. The first-order valence-electron chi connectivity index (χ1n) is 9.18. The largest absolute Gasteiger partial charge is 0.376 e. The highest BCUT2D eigenvalue weighted by Gasteiger charge is 2.25. The number of hydrogen-bond donors (Lipinski definition) is 0. The molecule has 140 valence electrons. The van der Waals surface area contributed by atoms with E-state index in [1.54, 1.807) is 6.20 Å². The van der Waals surface area contributed by atoms with Crippen LogP contribution >= 0.6 is 11.6 Å². The first-order chi connectivity index (χ1) is 12.5. The van der Waals surface area contributed by atoms with Crippen molar-refractivity contribution in [1.82, 2.24) is 14.5 Å². The topological polar surface area (TPSA) is 47.4 Å². The number of nitrogens with zero attached hydrogens (tertiary/aromatic N) is 3. The highest BCUT2D eigenvalue weighted by molar-refractivity contribution is 6.30. The molecule has 0 bridgehead atoms. The first kappa shape index (κ1) is 18.9. The molecule has 1 aliphatic heterocycles. The molecule has 0 aliphatic carbocycles. The summed E-state index contributed by atoms with van der Waals surface area (Å²) in [6.07, 6.45) is 5.94. The van der Waals surface area contributed by atoms with Gasteiger partial charge in [0.1, 0.15) is 5.82 Å². The number of carbonyl (C=O) groups is 1. The van der Waals surface area contributed by atoms with E-state index in [1.165, 1.54) is 0 Å². The number of ether oxygens (including phenoxy) is 1. The molecule has 6 heteroatoms. The molecule has 2 heterocycles. The van der Waals surface area contributed by atoms with Gasteiger partial charge in [0.15, 0.2) is 0 Å². The number of imidazole rings is 1. The fourth-order valence-corrected chi connectivity index (χ4v) is 3.48. The summed E-state index contributed by atoms with van der Waals surface area (Å²) >= 11 is 6.09. The second-order valence-electron chi connectivity index (χ2n) is 7.11. The Balaban J connectivity index is 1.74. The first-order valence-corrected chi connectivity index (χ1v) is 9.55. The van der Waals surface area contributed by atoms with Gasteiger partial charge in [-0.1, -0.05) is 37.6 Å². The molecule has 1 aromatic heterocycles. The highest BCUT2D eigenvalue weighted by atomic mass is 35.5. The van der Waals surface area contributed by atoms with Crippen LogP contribution in [-0.4, -0.2) is 39.6 Å². The van der Waals surface area contributed by atoms with Crippen molar-refractivity contribution in [2.24, 2.45) is 5.92 Å². The molecule has 1 saturated heterocycles. The highest BCUT2D eigenvalue weighted by Crippen LogP contribution is 2.18. The lowest BCUT2D eigenvalue weighted by atomic mass is 10.1. The fourth-order valence-electron chi connectivity index (χ4n) is 3.27. The van der Waals surface area contributed by atoms with Gasteiger partial charge < -0.3 is 14.2 Å². The van der Waals surface area contributed by atoms with Crippen LogP contribution in [0.2, 0.25) is 5.02 Å². The molecule has 3 rings (SSSR count). The Bertz CT molecular complexity index is 738. The Hall–Kier alpha value is -1.85. The Morgan fingerprint density at radius 3 is 3.00 bits per heavy atom. The molecule has 1 amide bonds. The van der Waals surface area contributed by atoms with Crippen molar-refractivity contribution in [3.8, 4) is 0 Å². The summed E-state index contributed by atoms with van der Waals surface area (Å²) in [6, 6.07) is 7.80. The lowest BCUT2D eigenvalue weighted by Crippen LogP contribution is -2.39. The van der Waals surface area contributed by atoms with Gasteiger partial charge in [-0.3, -0.25) is 4.79 Å². The molecular formula is C20H26ClN3O2. The zero-order valence-electron chi connectivity index (χ0n) is 15.4. The van der Waals surface area contributed by atoms with E-state index in [0.717, 1.165) is 35.9 Å². The summed E-state index contributed by atoms with van der Waals surface area (Å²) < 4.78 is 7.81. The molecule has 1 aromatic carbocycles. The summed E-state index contributed by atoms with van der Waals surface area (Å²) in [5.41, 5.74) is 1.11. The lowest BCUT2D eigenvalue weighted by molar-refractivity contribution is -0.136. The number of benzene rings is 1. The van der Waals surface area contributed by atoms with Crippen LogP contribution in [0.25, 0.3) is 0 Å². The Kier molecular flexibility index (Phi) is 6.33. The van der Waals surface area contributed by atoms with E-state index in [9.17, 15) is 4.79 Å². The van der Waals surface area contributed by atoms with E-state index in [-0.39, 0.29) is 17.9 Å². The van der Waals surface area contributed by atoms with Gasteiger partial charge in [-0.05, 0) is 30.5 Å². The van der Waals surface area contributed by atoms with Gasteiger partial charge in [0.25, 0.3) is 0 Å². The van der Waals surface area contributed by atoms with Gasteiger partial charge in [0.05, 0.1) is 12.6 Å². The second kappa shape index (κ2) is 8.69. The van der Waals surface area contributed by atoms with Crippen molar-refractivity contribution >= 4 is 17.5 Å². The Labute approximate surface area is 159 Å². The van der Waals surface area contributed by atoms with Crippen molar-refractivity contribution in [3.05, 3.63) is 53.1 Å². The van der Waals surface area contributed by atoms with Crippen molar-refractivity contribution in [1.29, 1.82) is 0 Å². The van der Waals surface area contributed by atoms with E-state index < -0.39 is 0 Å². The monoisotopic (exact) mass is 375 g/mol. The van der Waals surface area contributed by atoms with Gasteiger partial charge in [0.2, 0.25) is 5.91 Å². The minimum Gasteiger partial charge on any atom is -0.376 e. The third-order valence-electron chi connectivity index (χ3n) is 4.63. The van der Waals surface area contributed by atoms with E-state index in [4.69, 9.17) is 16.3 Å². The normalized spacial score (nSPS) is 17.0. The van der Waals surface area contributed by atoms with Crippen LogP contribution in [0.5, 0.6) is 0 Å². The van der Waals surface area contributed by atoms with Gasteiger partial charge in [0, 0.05) is 43.0 Å². The zero-order chi connectivity index (χ0) is 18.5. The molecule has 0 spiro atoms. The summed E-state index contributed by atoms with van der Waals surface area (Å²) in [7, 11) is 0. The second-order valence-corrected chi connectivity index (χ2v) is 7.55. The predicted octanol–water partition coefficient (Wildman–Crippen LogP) is 3.75. The third-order valence-corrected chi connectivity index (χ3v) is 4.86. The van der Waals surface area contributed by atoms with Crippen LogP contribution in [0, 0.1) is 5.92 Å². The van der Waals surface area contributed by atoms with Crippen molar-refractivity contribution in [3.63, 3.8) is 0 Å². The maximum atomic E-state index is 12.7. The molecule has 5 nitrogen and oxygen atoms in total. The van der Waals surface area contributed by atoms with Crippen LogP contribution in [0.1, 0.15) is 38.1 Å². The zero-order valence-corrected chi connectivity index (χ0v) is 16.2. The average molecular weight is 376 g/mol. The maximum Gasteiger partial charge on any atom is 0.225 e. The number of rotatable bonds is 7.